The fraction of sp³-hybridized carbons (Fsp3) is 0.211. The fourth-order valence-electron chi connectivity index (χ4n) is 2.53. The first kappa shape index (κ1) is 16.7. The maximum atomic E-state index is 12.3. The van der Waals surface area contributed by atoms with Crippen LogP contribution in [0.25, 0.3) is 5.82 Å². The zero-order valence-electron chi connectivity index (χ0n) is 14.5. The monoisotopic (exact) mass is 336 g/mol. The van der Waals surface area contributed by atoms with E-state index < -0.39 is 0 Å². The molecule has 0 saturated carbocycles. The van der Waals surface area contributed by atoms with Crippen molar-refractivity contribution in [1.29, 1.82) is 0 Å². The summed E-state index contributed by atoms with van der Waals surface area (Å²) in [5.74, 6) is 1.32. The minimum Gasteiger partial charge on any atom is -0.497 e. The highest BCUT2D eigenvalue weighted by Gasteiger charge is 2.09. The molecule has 1 aromatic carbocycles. The van der Waals surface area contributed by atoms with E-state index >= 15 is 0 Å². The number of aryl methyl sites for hydroxylation is 2. The molecule has 0 aliphatic carbocycles. The first-order valence-corrected chi connectivity index (χ1v) is 7.97. The number of ether oxygens (including phenoxy) is 1. The van der Waals surface area contributed by atoms with Crippen molar-refractivity contribution < 1.29 is 9.53 Å². The Morgan fingerprint density at radius 1 is 1.16 bits per heavy atom. The third kappa shape index (κ3) is 3.85. The van der Waals surface area contributed by atoms with Gasteiger partial charge in [0.1, 0.15) is 5.75 Å². The zero-order chi connectivity index (χ0) is 17.8. The van der Waals surface area contributed by atoms with Crippen LogP contribution in [-0.2, 0) is 6.54 Å². The van der Waals surface area contributed by atoms with Crippen molar-refractivity contribution in [2.75, 3.05) is 7.11 Å². The van der Waals surface area contributed by atoms with Crippen molar-refractivity contribution in [1.82, 2.24) is 20.1 Å². The molecule has 0 bridgehead atoms. The van der Waals surface area contributed by atoms with Gasteiger partial charge in [0.15, 0.2) is 5.82 Å². The summed E-state index contributed by atoms with van der Waals surface area (Å²) in [6.07, 6.45) is 1.56. The minimum absolute atomic E-state index is 0.164. The van der Waals surface area contributed by atoms with E-state index in [0.29, 0.717) is 17.9 Å². The summed E-state index contributed by atoms with van der Waals surface area (Å²) in [4.78, 5) is 16.6. The lowest BCUT2D eigenvalue weighted by Gasteiger charge is -2.07. The molecule has 2 heterocycles. The van der Waals surface area contributed by atoms with Gasteiger partial charge < -0.3 is 10.1 Å². The van der Waals surface area contributed by atoms with Crippen LogP contribution in [0.1, 0.15) is 27.3 Å². The average molecular weight is 336 g/mol. The van der Waals surface area contributed by atoms with Gasteiger partial charge in [-0.05, 0) is 49.7 Å². The van der Waals surface area contributed by atoms with Crippen molar-refractivity contribution >= 4 is 5.91 Å². The Morgan fingerprint density at radius 3 is 2.48 bits per heavy atom. The molecule has 0 aliphatic rings. The highest BCUT2D eigenvalue weighted by atomic mass is 16.5. The predicted octanol–water partition coefficient (Wildman–Crippen LogP) is 2.82. The molecule has 3 aromatic rings. The minimum atomic E-state index is -0.164. The van der Waals surface area contributed by atoms with Gasteiger partial charge in [0.2, 0.25) is 0 Å². The number of carbonyl (C=O) groups is 1. The van der Waals surface area contributed by atoms with Gasteiger partial charge in [0, 0.05) is 18.4 Å². The van der Waals surface area contributed by atoms with Crippen molar-refractivity contribution in [3.8, 4) is 11.6 Å². The number of benzene rings is 1. The summed E-state index contributed by atoms with van der Waals surface area (Å²) >= 11 is 0. The van der Waals surface area contributed by atoms with E-state index in [-0.39, 0.29) is 5.91 Å². The number of hydrogen-bond acceptors (Lipinski definition) is 4. The van der Waals surface area contributed by atoms with Crippen molar-refractivity contribution in [3.05, 3.63) is 71.2 Å². The van der Waals surface area contributed by atoms with E-state index in [1.54, 1.807) is 30.1 Å². The predicted molar refractivity (Wildman–Crippen MR) is 95.0 cm³/mol. The van der Waals surface area contributed by atoms with Gasteiger partial charge in [0.05, 0.1) is 18.4 Å². The van der Waals surface area contributed by atoms with E-state index in [9.17, 15) is 4.79 Å². The summed E-state index contributed by atoms with van der Waals surface area (Å²) in [5, 5.41) is 7.27. The van der Waals surface area contributed by atoms with Gasteiger partial charge in [-0.2, -0.15) is 5.10 Å². The van der Waals surface area contributed by atoms with Gasteiger partial charge in [-0.1, -0.05) is 12.1 Å². The topological polar surface area (TPSA) is 69.0 Å². The van der Waals surface area contributed by atoms with Crippen LogP contribution in [0.15, 0.2) is 48.7 Å². The van der Waals surface area contributed by atoms with E-state index in [0.717, 1.165) is 22.7 Å². The Morgan fingerprint density at radius 2 is 1.92 bits per heavy atom. The number of methoxy groups -OCH3 is 1. The number of amides is 1. The SMILES string of the molecule is COc1ccc(CNC(=O)c2ccc(-n3nc(C)cc3C)nc2)cc1. The fourth-order valence-corrected chi connectivity index (χ4v) is 2.53. The number of nitrogens with zero attached hydrogens (tertiary/aromatic N) is 3. The molecular weight excluding hydrogens is 316 g/mol. The molecule has 0 aliphatic heterocycles. The number of rotatable bonds is 5. The first-order chi connectivity index (χ1) is 12.1. The molecule has 1 amide bonds. The largest absolute Gasteiger partial charge is 0.497 e. The summed E-state index contributed by atoms with van der Waals surface area (Å²) in [7, 11) is 1.62. The normalized spacial score (nSPS) is 10.5. The van der Waals surface area contributed by atoms with Crippen LogP contribution in [0.5, 0.6) is 5.75 Å². The number of aromatic nitrogens is 3. The number of carbonyl (C=O) groups excluding carboxylic acids is 1. The summed E-state index contributed by atoms with van der Waals surface area (Å²) < 4.78 is 6.88. The first-order valence-electron chi connectivity index (χ1n) is 7.97. The number of pyridine rings is 1. The number of hydrogen-bond donors (Lipinski definition) is 1. The second kappa shape index (κ2) is 7.17. The van der Waals surface area contributed by atoms with Crippen LogP contribution in [0.2, 0.25) is 0 Å². The summed E-state index contributed by atoms with van der Waals surface area (Å²) in [6.45, 7) is 4.35. The van der Waals surface area contributed by atoms with Crippen LogP contribution in [0.3, 0.4) is 0 Å². The standard InChI is InChI=1S/C19H20N4O2/c1-13-10-14(2)23(22-13)18-9-6-16(12-20-18)19(24)21-11-15-4-7-17(25-3)8-5-15/h4-10,12H,11H2,1-3H3,(H,21,24). The quantitative estimate of drug-likeness (QED) is 0.778. The third-order valence-corrected chi connectivity index (χ3v) is 3.85. The Labute approximate surface area is 146 Å². The van der Waals surface area contributed by atoms with Crippen LogP contribution in [0.4, 0.5) is 0 Å². The molecule has 6 heteroatoms. The van der Waals surface area contributed by atoms with Gasteiger partial charge in [0.25, 0.3) is 5.91 Å². The van der Waals surface area contributed by atoms with Gasteiger partial charge in [-0.25, -0.2) is 9.67 Å². The second-order valence-electron chi connectivity index (χ2n) is 5.77. The van der Waals surface area contributed by atoms with Crippen LogP contribution < -0.4 is 10.1 Å². The average Bonchev–Trinajstić information content (AvgIpc) is 2.98. The molecule has 25 heavy (non-hydrogen) atoms. The van der Waals surface area contributed by atoms with Crippen LogP contribution in [-0.4, -0.2) is 27.8 Å². The third-order valence-electron chi connectivity index (χ3n) is 3.85. The van der Waals surface area contributed by atoms with E-state index in [1.807, 2.05) is 44.2 Å². The van der Waals surface area contributed by atoms with Crippen LogP contribution >= 0.6 is 0 Å². The van der Waals surface area contributed by atoms with Crippen molar-refractivity contribution in [3.63, 3.8) is 0 Å². The molecule has 0 saturated heterocycles. The molecular formula is C19H20N4O2. The molecule has 0 unspecified atom stereocenters. The number of nitrogens with one attached hydrogen (secondary N) is 1. The lowest BCUT2D eigenvalue weighted by Crippen LogP contribution is -2.23. The molecule has 1 N–H and O–H groups in total. The second-order valence-corrected chi connectivity index (χ2v) is 5.77. The molecule has 6 nitrogen and oxygen atoms in total. The molecule has 128 valence electrons. The van der Waals surface area contributed by atoms with Gasteiger partial charge in [-0.15, -0.1) is 0 Å². The lowest BCUT2D eigenvalue weighted by atomic mass is 10.2. The molecule has 0 radical (unpaired) electrons. The van der Waals surface area contributed by atoms with E-state index in [4.69, 9.17) is 4.74 Å². The molecule has 2 aromatic heterocycles. The van der Waals surface area contributed by atoms with Crippen LogP contribution in [0, 0.1) is 13.8 Å². The Bertz CT molecular complexity index is 867. The highest BCUT2D eigenvalue weighted by Crippen LogP contribution is 2.12. The summed E-state index contributed by atoms with van der Waals surface area (Å²) in [6, 6.07) is 13.1. The van der Waals surface area contributed by atoms with Gasteiger partial charge in [-0.3, -0.25) is 4.79 Å². The van der Waals surface area contributed by atoms with Crippen molar-refractivity contribution in [2.24, 2.45) is 0 Å². The van der Waals surface area contributed by atoms with E-state index in [1.165, 1.54) is 0 Å². The van der Waals surface area contributed by atoms with Gasteiger partial charge >= 0.3 is 0 Å². The highest BCUT2D eigenvalue weighted by molar-refractivity contribution is 5.93. The molecule has 0 fully saturated rings. The van der Waals surface area contributed by atoms with Crippen molar-refractivity contribution in [2.45, 2.75) is 20.4 Å². The maximum absolute atomic E-state index is 12.3. The summed E-state index contributed by atoms with van der Waals surface area (Å²) in [5.41, 5.74) is 3.45. The van der Waals surface area contributed by atoms with E-state index in [2.05, 4.69) is 15.4 Å². The Kier molecular flexibility index (Phi) is 4.79. The zero-order valence-corrected chi connectivity index (χ0v) is 14.5. The molecule has 3 rings (SSSR count). The smallest absolute Gasteiger partial charge is 0.253 e. The maximum Gasteiger partial charge on any atom is 0.253 e. The Hall–Kier alpha value is -3.15. The lowest BCUT2D eigenvalue weighted by molar-refractivity contribution is 0.0950. The molecule has 0 spiro atoms. The Balaban J connectivity index is 1.65. The molecule has 0 atom stereocenters.